The van der Waals surface area contributed by atoms with Crippen LogP contribution in [0.1, 0.15) is 17.9 Å². The van der Waals surface area contributed by atoms with Gasteiger partial charge in [-0.25, -0.2) is 4.98 Å². The molecule has 0 fully saturated rings. The van der Waals surface area contributed by atoms with Crippen LogP contribution in [0.25, 0.3) is 0 Å². The first-order valence-electron chi connectivity index (χ1n) is 6.87. The van der Waals surface area contributed by atoms with Crippen LogP contribution >= 0.6 is 0 Å². The van der Waals surface area contributed by atoms with Crippen LogP contribution in [0.15, 0.2) is 42.7 Å². The van der Waals surface area contributed by atoms with Gasteiger partial charge < -0.3 is 5.11 Å². The first-order chi connectivity index (χ1) is 10.2. The molecular formula is C15H19F2N3O. The van der Waals surface area contributed by atoms with Crippen LogP contribution in [-0.4, -0.2) is 39.3 Å². The summed E-state index contributed by atoms with van der Waals surface area (Å²) < 4.78 is 26.5. The van der Waals surface area contributed by atoms with Crippen molar-refractivity contribution < 1.29 is 13.9 Å². The topological polar surface area (TPSA) is 41.3 Å². The van der Waals surface area contributed by atoms with E-state index in [0.29, 0.717) is 25.5 Å². The lowest BCUT2D eigenvalue weighted by molar-refractivity contribution is 0.0633. The van der Waals surface area contributed by atoms with Crippen molar-refractivity contribution >= 4 is 0 Å². The molecule has 1 heterocycles. The molecule has 2 rings (SSSR count). The predicted octanol–water partition coefficient (Wildman–Crippen LogP) is 2.32. The number of aromatic nitrogens is 2. The SMILES string of the molecule is OCCN(CCc1ccccc1)Cc1nccn1C(F)F. The molecule has 0 aliphatic carbocycles. The molecule has 6 heteroatoms. The van der Waals surface area contributed by atoms with E-state index in [0.717, 1.165) is 11.0 Å². The van der Waals surface area contributed by atoms with Gasteiger partial charge in [0.2, 0.25) is 0 Å². The number of aliphatic hydroxyl groups excluding tert-OH is 1. The van der Waals surface area contributed by atoms with E-state index in [1.165, 1.54) is 18.0 Å². The van der Waals surface area contributed by atoms with Crippen molar-refractivity contribution in [1.29, 1.82) is 0 Å². The van der Waals surface area contributed by atoms with Crippen LogP contribution in [0.3, 0.4) is 0 Å². The average molecular weight is 295 g/mol. The highest BCUT2D eigenvalue weighted by Gasteiger charge is 2.14. The van der Waals surface area contributed by atoms with Crippen molar-refractivity contribution in [3.05, 3.63) is 54.1 Å². The second-order valence-corrected chi connectivity index (χ2v) is 4.76. The van der Waals surface area contributed by atoms with Crippen molar-refractivity contribution in [2.45, 2.75) is 19.5 Å². The fourth-order valence-corrected chi connectivity index (χ4v) is 2.19. The molecule has 114 valence electrons. The van der Waals surface area contributed by atoms with Crippen LogP contribution < -0.4 is 0 Å². The van der Waals surface area contributed by atoms with E-state index in [1.54, 1.807) is 0 Å². The highest BCUT2D eigenvalue weighted by atomic mass is 19.3. The van der Waals surface area contributed by atoms with Gasteiger partial charge in [-0.3, -0.25) is 9.47 Å². The number of imidazole rings is 1. The number of hydrogen-bond donors (Lipinski definition) is 1. The van der Waals surface area contributed by atoms with Gasteiger partial charge in [0, 0.05) is 25.5 Å². The van der Waals surface area contributed by atoms with Crippen molar-refractivity contribution in [3.8, 4) is 0 Å². The Morgan fingerprint density at radius 2 is 1.95 bits per heavy atom. The third kappa shape index (κ3) is 4.61. The molecule has 21 heavy (non-hydrogen) atoms. The van der Waals surface area contributed by atoms with Crippen molar-refractivity contribution in [3.63, 3.8) is 0 Å². The number of halogens is 2. The van der Waals surface area contributed by atoms with Gasteiger partial charge >= 0.3 is 6.55 Å². The van der Waals surface area contributed by atoms with E-state index in [1.807, 2.05) is 35.2 Å². The van der Waals surface area contributed by atoms with Crippen LogP contribution in [0.2, 0.25) is 0 Å². The van der Waals surface area contributed by atoms with Gasteiger partial charge in [0.1, 0.15) is 5.82 Å². The smallest absolute Gasteiger partial charge is 0.319 e. The fourth-order valence-electron chi connectivity index (χ4n) is 2.19. The Morgan fingerprint density at radius 1 is 1.19 bits per heavy atom. The third-order valence-corrected chi connectivity index (χ3v) is 3.30. The largest absolute Gasteiger partial charge is 0.395 e. The average Bonchev–Trinajstić information content (AvgIpc) is 2.94. The molecule has 0 saturated carbocycles. The van der Waals surface area contributed by atoms with Crippen LogP contribution in [0.4, 0.5) is 8.78 Å². The number of rotatable bonds is 8. The second kappa shape index (κ2) is 7.85. The zero-order valence-corrected chi connectivity index (χ0v) is 11.7. The molecule has 0 unspecified atom stereocenters. The van der Waals surface area contributed by atoms with Crippen molar-refractivity contribution in [1.82, 2.24) is 14.5 Å². The van der Waals surface area contributed by atoms with Crippen molar-refractivity contribution in [2.24, 2.45) is 0 Å². The standard InChI is InChI=1S/C15H19F2N3O/c16-15(17)20-9-7-18-14(20)12-19(10-11-21)8-6-13-4-2-1-3-5-13/h1-5,7,9,15,21H,6,8,10-12H2. The van der Waals surface area contributed by atoms with Gasteiger partial charge in [-0.05, 0) is 12.0 Å². The quantitative estimate of drug-likeness (QED) is 0.812. The minimum absolute atomic E-state index is 0.00975. The number of alkyl halides is 2. The van der Waals surface area contributed by atoms with Gasteiger partial charge in [-0.2, -0.15) is 8.78 Å². The monoisotopic (exact) mass is 295 g/mol. The number of benzene rings is 1. The maximum atomic E-state index is 12.8. The summed E-state index contributed by atoms with van der Waals surface area (Å²) >= 11 is 0. The maximum Gasteiger partial charge on any atom is 0.319 e. The minimum atomic E-state index is -2.59. The molecule has 0 radical (unpaired) electrons. The van der Waals surface area contributed by atoms with Gasteiger partial charge in [-0.15, -0.1) is 0 Å². The maximum absolute atomic E-state index is 12.8. The summed E-state index contributed by atoms with van der Waals surface area (Å²) in [5.74, 6) is 0.312. The summed E-state index contributed by atoms with van der Waals surface area (Å²) in [6, 6.07) is 9.94. The molecular weight excluding hydrogens is 276 g/mol. The van der Waals surface area contributed by atoms with Crippen molar-refractivity contribution in [2.75, 3.05) is 19.7 Å². The predicted molar refractivity (Wildman–Crippen MR) is 76.0 cm³/mol. The van der Waals surface area contributed by atoms with E-state index >= 15 is 0 Å². The lowest BCUT2D eigenvalue weighted by atomic mass is 10.1. The lowest BCUT2D eigenvalue weighted by Crippen LogP contribution is -2.30. The number of hydrogen-bond acceptors (Lipinski definition) is 3. The normalized spacial score (nSPS) is 11.5. The summed E-state index contributed by atoms with van der Waals surface area (Å²) in [7, 11) is 0. The van der Waals surface area contributed by atoms with E-state index < -0.39 is 6.55 Å². The Kier molecular flexibility index (Phi) is 5.83. The summed E-state index contributed by atoms with van der Waals surface area (Å²) in [6.07, 6.45) is 3.44. The summed E-state index contributed by atoms with van der Waals surface area (Å²) in [4.78, 5) is 5.90. The molecule has 1 aromatic carbocycles. The van der Waals surface area contributed by atoms with Crippen LogP contribution in [0, 0.1) is 0 Å². The summed E-state index contributed by atoms with van der Waals surface area (Å²) in [5.41, 5.74) is 1.18. The summed E-state index contributed by atoms with van der Waals surface area (Å²) in [5, 5.41) is 9.12. The number of aliphatic hydroxyl groups is 1. The molecule has 0 aliphatic rings. The second-order valence-electron chi connectivity index (χ2n) is 4.76. The van der Waals surface area contributed by atoms with Gasteiger partial charge in [0.15, 0.2) is 0 Å². The van der Waals surface area contributed by atoms with Gasteiger partial charge in [0.05, 0.1) is 13.2 Å². The first kappa shape index (κ1) is 15.6. The molecule has 0 aliphatic heterocycles. The van der Waals surface area contributed by atoms with E-state index in [9.17, 15) is 8.78 Å². The Balaban J connectivity index is 1.97. The van der Waals surface area contributed by atoms with Crippen LogP contribution in [0.5, 0.6) is 0 Å². The first-order valence-corrected chi connectivity index (χ1v) is 6.87. The van der Waals surface area contributed by atoms with E-state index in [2.05, 4.69) is 4.98 Å². The molecule has 4 nitrogen and oxygen atoms in total. The zero-order chi connectivity index (χ0) is 15.1. The molecule has 0 amide bonds. The molecule has 0 saturated heterocycles. The van der Waals surface area contributed by atoms with E-state index in [4.69, 9.17) is 5.11 Å². The fraction of sp³-hybridized carbons (Fsp3) is 0.400. The molecule has 0 bridgehead atoms. The molecule has 1 aromatic heterocycles. The lowest BCUT2D eigenvalue weighted by Gasteiger charge is -2.21. The Morgan fingerprint density at radius 3 is 2.62 bits per heavy atom. The highest BCUT2D eigenvalue weighted by molar-refractivity contribution is 5.14. The minimum Gasteiger partial charge on any atom is -0.395 e. The summed E-state index contributed by atoms with van der Waals surface area (Å²) in [6.45, 7) is -1.19. The Labute approximate surface area is 122 Å². The Hall–Kier alpha value is -1.79. The van der Waals surface area contributed by atoms with Gasteiger partial charge in [0.25, 0.3) is 0 Å². The number of nitrogens with zero attached hydrogens (tertiary/aromatic N) is 3. The van der Waals surface area contributed by atoms with Crippen LogP contribution in [-0.2, 0) is 13.0 Å². The molecule has 0 spiro atoms. The Bertz CT molecular complexity index is 531. The molecule has 2 aromatic rings. The third-order valence-electron chi connectivity index (χ3n) is 3.30. The highest BCUT2D eigenvalue weighted by Crippen LogP contribution is 2.14. The zero-order valence-electron chi connectivity index (χ0n) is 11.7. The van der Waals surface area contributed by atoms with Gasteiger partial charge in [-0.1, -0.05) is 30.3 Å². The van der Waals surface area contributed by atoms with E-state index in [-0.39, 0.29) is 6.61 Å². The molecule has 1 N–H and O–H groups in total. The molecule has 0 atom stereocenters.